The van der Waals surface area contributed by atoms with Crippen LogP contribution in [0, 0.1) is 12.8 Å². The number of rotatable bonds is 11. The highest BCUT2D eigenvalue weighted by Crippen LogP contribution is 2.25. The summed E-state index contributed by atoms with van der Waals surface area (Å²) >= 11 is 1.42. The summed E-state index contributed by atoms with van der Waals surface area (Å²) in [5.74, 6) is -0.440. The highest BCUT2D eigenvalue weighted by molar-refractivity contribution is 7.89. The third-order valence-corrected chi connectivity index (χ3v) is 9.29. The van der Waals surface area contributed by atoms with Gasteiger partial charge in [-0.05, 0) is 37.0 Å². The largest absolute Gasteiger partial charge is 0.424 e. The van der Waals surface area contributed by atoms with E-state index in [-0.39, 0.29) is 41.9 Å². The minimum Gasteiger partial charge on any atom is -0.424 e. The molecule has 0 aliphatic rings. The molecule has 0 aliphatic heterocycles. The third kappa shape index (κ3) is 6.12. The molecular weight excluding hydrogens is 564 g/mol. The monoisotopic (exact) mass is 596 g/mol. The van der Waals surface area contributed by atoms with Crippen LogP contribution in [0.25, 0.3) is 16.1 Å². The maximum atomic E-state index is 13.8. The molecule has 2 aromatic carbocycles. The molecule has 11 nitrogen and oxygen atoms in total. The van der Waals surface area contributed by atoms with Crippen LogP contribution in [0.4, 0.5) is 6.01 Å². The smallest absolute Gasteiger partial charge is 0.292 e. The average Bonchev–Trinajstić information content (AvgIpc) is 3.60. The van der Waals surface area contributed by atoms with Gasteiger partial charge in [0, 0.05) is 30.7 Å². The number of nitrogen functional groups attached to an aromatic ring is 1. The number of nitrogens with one attached hydrogen (secondary N) is 1. The lowest BCUT2D eigenvalue weighted by molar-refractivity contribution is 0.0770. The standard InChI is InChI=1S/C28H32N6O5S2/c1-17(2)15-33(41(37,38)20-9-10-21-24(14-20)39-27(29)32-21)16-23(35)22(13-19-7-5-4-6-8-19)31-26(36)25-18(3)30-28-34(25)11-12-40-28/h4-12,14,17,22-23,35H,13,15-16H2,1-3H3,(H2,29,32)(H,31,36)/t22-,23+/m0/s1. The van der Waals surface area contributed by atoms with Gasteiger partial charge in [-0.2, -0.15) is 9.29 Å². The Morgan fingerprint density at radius 1 is 1.17 bits per heavy atom. The first-order chi connectivity index (χ1) is 19.5. The van der Waals surface area contributed by atoms with Crippen molar-refractivity contribution >= 4 is 49.3 Å². The second kappa shape index (κ2) is 11.6. The number of carbonyl (C=O) groups is 1. The Bertz CT molecular complexity index is 1780. The molecule has 13 heteroatoms. The molecule has 3 aromatic heterocycles. The van der Waals surface area contributed by atoms with Crippen LogP contribution in [0.2, 0.25) is 0 Å². The van der Waals surface area contributed by atoms with E-state index in [1.165, 1.54) is 33.8 Å². The zero-order valence-electron chi connectivity index (χ0n) is 22.9. The molecule has 216 valence electrons. The number of amides is 1. The Kier molecular flexibility index (Phi) is 8.13. The number of sulfonamides is 1. The van der Waals surface area contributed by atoms with Gasteiger partial charge in [0.05, 0.1) is 22.7 Å². The summed E-state index contributed by atoms with van der Waals surface area (Å²) in [5.41, 5.74) is 8.15. The maximum absolute atomic E-state index is 13.8. The Labute approximate surface area is 241 Å². The van der Waals surface area contributed by atoms with Crippen LogP contribution in [0.3, 0.4) is 0 Å². The molecule has 2 atom stereocenters. The molecule has 3 heterocycles. The Morgan fingerprint density at radius 2 is 1.93 bits per heavy atom. The second-order valence-electron chi connectivity index (χ2n) is 10.3. The molecule has 5 aromatic rings. The Morgan fingerprint density at radius 3 is 2.66 bits per heavy atom. The zero-order valence-corrected chi connectivity index (χ0v) is 24.5. The lowest BCUT2D eigenvalue weighted by atomic mass is 10.0. The van der Waals surface area contributed by atoms with Crippen molar-refractivity contribution in [2.24, 2.45) is 5.92 Å². The number of aliphatic hydroxyl groups is 1. The highest BCUT2D eigenvalue weighted by Gasteiger charge is 2.32. The fourth-order valence-electron chi connectivity index (χ4n) is 4.80. The van der Waals surface area contributed by atoms with Crippen molar-refractivity contribution in [1.29, 1.82) is 0 Å². The van der Waals surface area contributed by atoms with Crippen molar-refractivity contribution in [1.82, 2.24) is 24.0 Å². The molecule has 0 saturated heterocycles. The molecule has 41 heavy (non-hydrogen) atoms. The van der Waals surface area contributed by atoms with E-state index in [0.717, 1.165) is 5.56 Å². The van der Waals surface area contributed by atoms with Crippen molar-refractivity contribution in [3.05, 3.63) is 77.1 Å². The van der Waals surface area contributed by atoms with Crippen molar-refractivity contribution in [3.63, 3.8) is 0 Å². The van der Waals surface area contributed by atoms with Gasteiger partial charge in [-0.25, -0.2) is 13.4 Å². The van der Waals surface area contributed by atoms with E-state index >= 15 is 0 Å². The van der Waals surface area contributed by atoms with E-state index in [9.17, 15) is 18.3 Å². The molecule has 0 aliphatic carbocycles. The lowest BCUT2D eigenvalue weighted by Crippen LogP contribution is -2.51. The Hall–Kier alpha value is -3.78. The SMILES string of the molecule is Cc1nc2sccn2c1C(=O)N[C@@H](Cc1ccccc1)[C@H](O)CN(CC(C)C)S(=O)(=O)c1ccc2nc(N)oc2c1. The van der Waals surface area contributed by atoms with Crippen molar-refractivity contribution < 1.29 is 22.7 Å². The first-order valence-electron chi connectivity index (χ1n) is 13.1. The van der Waals surface area contributed by atoms with Crippen LogP contribution in [0.1, 0.15) is 35.6 Å². The van der Waals surface area contributed by atoms with E-state index in [2.05, 4.69) is 15.3 Å². The maximum Gasteiger partial charge on any atom is 0.292 e. The molecule has 0 unspecified atom stereocenters. The molecule has 0 bridgehead atoms. The second-order valence-corrected chi connectivity index (χ2v) is 13.1. The molecule has 0 radical (unpaired) electrons. The highest BCUT2D eigenvalue weighted by atomic mass is 32.2. The molecule has 0 spiro atoms. The number of thiazole rings is 1. The van der Waals surface area contributed by atoms with Gasteiger partial charge in [-0.1, -0.05) is 44.2 Å². The molecule has 4 N–H and O–H groups in total. The van der Waals surface area contributed by atoms with Gasteiger partial charge >= 0.3 is 0 Å². The summed E-state index contributed by atoms with van der Waals surface area (Å²) in [6.45, 7) is 5.46. The zero-order chi connectivity index (χ0) is 29.3. The molecule has 0 fully saturated rings. The number of hydrogen-bond donors (Lipinski definition) is 3. The van der Waals surface area contributed by atoms with Crippen LogP contribution < -0.4 is 11.1 Å². The summed E-state index contributed by atoms with van der Waals surface area (Å²) in [6.07, 6.45) is 0.827. The predicted octanol–water partition coefficient (Wildman–Crippen LogP) is 3.48. The number of nitrogens with zero attached hydrogens (tertiary/aromatic N) is 4. The van der Waals surface area contributed by atoms with Gasteiger partial charge in [0.25, 0.3) is 11.9 Å². The number of nitrogens with two attached hydrogens (primary N) is 1. The quantitative estimate of drug-likeness (QED) is 0.209. The Balaban J connectivity index is 1.44. The van der Waals surface area contributed by atoms with Crippen molar-refractivity contribution in [2.45, 2.75) is 44.2 Å². The van der Waals surface area contributed by atoms with Crippen molar-refractivity contribution in [2.75, 3.05) is 18.8 Å². The van der Waals surface area contributed by atoms with E-state index in [1.807, 2.05) is 49.6 Å². The van der Waals surface area contributed by atoms with Crippen LogP contribution >= 0.6 is 11.3 Å². The minimum absolute atomic E-state index is 0.00706. The van der Waals surface area contributed by atoms with Gasteiger partial charge in [-0.15, -0.1) is 11.3 Å². The van der Waals surface area contributed by atoms with Crippen LogP contribution in [-0.2, 0) is 16.4 Å². The number of carbonyl (C=O) groups excluding carboxylic acids is 1. The summed E-state index contributed by atoms with van der Waals surface area (Å²) in [4.78, 5) is 22.7. The van der Waals surface area contributed by atoms with E-state index < -0.39 is 28.1 Å². The summed E-state index contributed by atoms with van der Waals surface area (Å²) < 4.78 is 36.0. The number of anilines is 1. The van der Waals surface area contributed by atoms with E-state index in [0.29, 0.717) is 21.9 Å². The number of aromatic nitrogens is 3. The lowest BCUT2D eigenvalue weighted by Gasteiger charge is -2.30. The number of aliphatic hydroxyl groups excluding tert-OH is 1. The van der Waals surface area contributed by atoms with Gasteiger partial charge in [0.15, 0.2) is 10.5 Å². The van der Waals surface area contributed by atoms with Gasteiger partial charge in [0.1, 0.15) is 11.2 Å². The van der Waals surface area contributed by atoms with Crippen molar-refractivity contribution in [3.8, 4) is 0 Å². The van der Waals surface area contributed by atoms with Crippen LogP contribution in [-0.4, -0.2) is 63.3 Å². The number of fused-ring (bicyclic) bond motifs is 2. The van der Waals surface area contributed by atoms with E-state index in [4.69, 9.17) is 10.2 Å². The van der Waals surface area contributed by atoms with Gasteiger partial charge in [-0.3, -0.25) is 9.20 Å². The van der Waals surface area contributed by atoms with Gasteiger partial charge < -0.3 is 20.6 Å². The predicted molar refractivity (Wildman–Crippen MR) is 157 cm³/mol. The fourth-order valence-corrected chi connectivity index (χ4v) is 7.20. The fraction of sp³-hybridized carbons (Fsp3) is 0.321. The number of hydrogen-bond acceptors (Lipinski definition) is 9. The molecular formula is C28H32N6O5S2. The van der Waals surface area contributed by atoms with Crippen LogP contribution in [0.15, 0.2) is 69.4 Å². The molecule has 5 rings (SSSR count). The number of imidazole rings is 1. The number of oxazole rings is 1. The minimum atomic E-state index is -4.06. The third-order valence-electron chi connectivity index (χ3n) is 6.70. The van der Waals surface area contributed by atoms with E-state index in [1.54, 1.807) is 17.5 Å². The number of aryl methyl sites for hydroxylation is 1. The summed E-state index contributed by atoms with van der Waals surface area (Å²) in [7, 11) is -4.06. The van der Waals surface area contributed by atoms with Crippen LogP contribution in [0.5, 0.6) is 0 Å². The van der Waals surface area contributed by atoms with Gasteiger partial charge in [0.2, 0.25) is 10.0 Å². The first kappa shape index (κ1) is 28.7. The first-order valence-corrected chi connectivity index (χ1v) is 15.5. The average molecular weight is 597 g/mol. The normalized spacial score (nSPS) is 13.8. The topological polar surface area (TPSA) is 156 Å². The summed E-state index contributed by atoms with van der Waals surface area (Å²) in [6, 6.07) is 12.9. The molecule has 0 saturated carbocycles. The number of benzene rings is 2. The summed E-state index contributed by atoms with van der Waals surface area (Å²) in [5, 5.41) is 16.3. The molecule has 1 amide bonds.